The molecule has 27 heavy (non-hydrogen) atoms. The van der Waals surface area contributed by atoms with Crippen molar-refractivity contribution in [3.05, 3.63) is 29.8 Å². The Kier molecular flexibility index (Phi) is 5.35. The van der Waals surface area contributed by atoms with E-state index in [9.17, 15) is 13.6 Å². The van der Waals surface area contributed by atoms with Gasteiger partial charge in [-0.2, -0.15) is 0 Å². The molecule has 0 bridgehead atoms. The number of likely N-dealkylation sites (tertiary alicyclic amines) is 2. The van der Waals surface area contributed by atoms with Gasteiger partial charge in [0, 0.05) is 50.4 Å². The number of nitrogens with zero attached hydrogens (tertiary/aromatic N) is 2. The Balaban J connectivity index is 1.25. The van der Waals surface area contributed by atoms with Crippen molar-refractivity contribution in [1.82, 2.24) is 9.80 Å². The topological polar surface area (TPSA) is 32.8 Å². The molecular weight excluding hydrogens is 350 g/mol. The molecule has 2 aliphatic heterocycles. The zero-order chi connectivity index (χ0) is 18.9. The number of amides is 1. The maximum absolute atomic E-state index is 13.2. The van der Waals surface area contributed by atoms with Gasteiger partial charge in [0.15, 0.2) is 0 Å². The molecule has 2 heterocycles. The maximum Gasteiger partial charge on any atom is 0.253 e. The van der Waals surface area contributed by atoms with Crippen LogP contribution in [0.3, 0.4) is 0 Å². The molecule has 3 aliphatic rings. The molecule has 0 aromatic heterocycles. The molecule has 4 nitrogen and oxygen atoms in total. The maximum atomic E-state index is 13.2. The largest absolute Gasteiger partial charge is 0.490 e. The molecule has 3 fully saturated rings. The lowest BCUT2D eigenvalue weighted by Gasteiger charge is -2.44. The first-order valence-electron chi connectivity index (χ1n) is 10.2. The minimum atomic E-state index is -2.64. The van der Waals surface area contributed by atoms with Crippen LogP contribution in [-0.4, -0.2) is 60.0 Å². The van der Waals surface area contributed by atoms with E-state index in [0.29, 0.717) is 11.6 Å². The number of halogens is 2. The van der Waals surface area contributed by atoms with Crippen LogP contribution in [0.25, 0.3) is 0 Å². The third-order valence-corrected chi connectivity index (χ3v) is 6.16. The van der Waals surface area contributed by atoms with Crippen LogP contribution in [0.1, 0.15) is 55.3 Å². The molecule has 1 amide bonds. The minimum Gasteiger partial charge on any atom is -0.490 e. The number of carbonyl (C=O) groups excluding carboxylic acids is 1. The summed E-state index contributed by atoms with van der Waals surface area (Å²) in [6.45, 7) is 2.67. The van der Waals surface area contributed by atoms with Crippen molar-refractivity contribution in [3.63, 3.8) is 0 Å². The van der Waals surface area contributed by atoms with Crippen LogP contribution < -0.4 is 4.74 Å². The van der Waals surface area contributed by atoms with E-state index in [1.54, 1.807) is 12.1 Å². The van der Waals surface area contributed by atoms with Gasteiger partial charge in [-0.1, -0.05) is 6.42 Å². The number of hydrogen-bond donors (Lipinski definition) is 0. The van der Waals surface area contributed by atoms with Gasteiger partial charge in [0.2, 0.25) is 0 Å². The Morgan fingerprint density at radius 2 is 1.59 bits per heavy atom. The second-order valence-electron chi connectivity index (χ2n) is 8.13. The van der Waals surface area contributed by atoms with E-state index in [4.69, 9.17) is 4.74 Å². The summed E-state index contributed by atoms with van der Waals surface area (Å²) < 4.78 is 32.5. The second kappa shape index (κ2) is 7.74. The van der Waals surface area contributed by atoms with Crippen LogP contribution in [0.4, 0.5) is 8.78 Å². The SMILES string of the molecule is O=C(c1ccc(O[C@H]2C[C@H](N3CCCCC3)C2)cc1)N1CCC(F)(F)CC1. The summed E-state index contributed by atoms with van der Waals surface area (Å²) in [6.07, 6.45) is 5.87. The van der Waals surface area contributed by atoms with Crippen LogP contribution in [0, 0.1) is 0 Å². The van der Waals surface area contributed by atoms with Crippen LogP contribution in [0.5, 0.6) is 5.75 Å². The lowest BCUT2D eigenvalue weighted by atomic mass is 9.86. The molecule has 1 aliphatic carbocycles. The zero-order valence-corrected chi connectivity index (χ0v) is 15.7. The molecule has 148 valence electrons. The lowest BCUT2D eigenvalue weighted by Crippen LogP contribution is -2.50. The van der Waals surface area contributed by atoms with Crippen LogP contribution in [0.2, 0.25) is 0 Å². The highest BCUT2D eigenvalue weighted by molar-refractivity contribution is 5.94. The lowest BCUT2D eigenvalue weighted by molar-refractivity contribution is -0.0494. The van der Waals surface area contributed by atoms with E-state index in [-0.39, 0.29) is 37.9 Å². The van der Waals surface area contributed by atoms with Crippen molar-refractivity contribution in [3.8, 4) is 5.75 Å². The standard InChI is InChI=1S/C21H28F2N2O2/c22-21(23)8-12-25(13-9-21)20(26)16-4-6-18(7-5-16)27-19-14-17(15-19)24-10-2-1-3-11-24/h4-7,17,19H,1-3,8-15H2/t17-,19-. The van der Waals surface area contributed by atoms with Gasteiger partial charge < -0.3 is 14.5 Å². The van der Waals surface area contributed by atoms with Crippen LogP contribution >= 0.6 is 0 Å². The third-order valence-electron chi connectivity index (χ3n) is 6.16. The number of alkyl halides is 2. The fourth-order valence-electron chi connectivity index (χ4n) is 4.30. The molecule has 2 saturated heterocycles. The molecule has 6 heteroatoms. The van der Waals surface area contributed by atoms with E-state index >= 15 is 0 Å². The molecule has 0 spiro atoms. The fraction of sp³-hybridized carbons (Fsp3) is 0.667. The number of rotatable bonds is 4. The Morgan fingerprint density at radius 3 is 2.22 bits per heavy atom. The molecule has 4 rings (SSSR count). The van der Waals surface area contributed by atoms with Gasteiger partial charge in [0.25, 0.3) is 11.8 Å². The van der Waals surface area contributed by atoms with E-state index in [1.807, 2.05) is 12.1 Å². The van der Waals surface area contributed by atoms with Crippen molar-refractivity contribution in [2.75, 3.05) is 26.2 Å². The van der Waals surface area contributed by atoms with Crippen molar-refractivity contribution in [1.29, 1.82) is 0 Å². The summed E-state index contributed by atoms with van der Waals surface area (Å²) in [7, 11) is 0. The van der Waals surface area contributed by atoms with E-state index in [0.717, 1.165) is 18.6 Å². The van der Waals surface area contributed by atoms with Crippen LogP contribution in [-0.2, 0) is 0 Å². The molecule has 1 saturated carbocycles. The first-order chi connectivity index (χ1) is 13.0. The molecule has 0 atom stereocenters. The zero-order valence-electron chi connectivity index (χ0n) is 15.7. The van der Waals surface area contributed by atoms with Gasteiger partial charge in [0.05, 0.1) is 0 Å². The number of piperidine rings is 2. The van der Waals surface area contributed by atoms with Crippen molar-refractivity contribution in [2.45, 2.75) is 63.0 Å². The fourth-order valence-corrected chi connectivity index (χ4v) is 4.30. The molecule has 0 N–H and O–H groups in total. The van der Waals surface area contributed by atoms with Gasteiger partial charge in [0.1, 0.15) is 11.9 Å². The number of hydrogen-bond acceptors (Lipinski definition) is 3. The van der Waals surface area contributed by atoms with Crippen molar-refractivity contribution >= 4 is 5.91 Å². The van der Waals surface area contributed by atoms with Gasteiger partial charge in [-0.3, -0.25) is 4.79 Å². The Morgan fingerprint density at radius 1 is 0.963 bits per heavy atom. The highest BCUT2D eigenvalue weighted by atomic mass is 19.3. The number of ether oxygens (including phenoxy) is 1. The number of carbonyl (C=O) groups is 1. The minimum absolute atomic E-state index is 0.115. The quantitative estimate of drug-likeness (QED) is 0.795. The number of benzene rings is 1. The summed E-state index contributed by atoms with van der Waals surface area (Å²) in [5.41, 5.74) is 0.535. The third kappa shape index (κ3) is 4.42. The van der Waals surface area contributed by atoms with Gasteiger partial charge >= 0.3 is 0 Å². The first-order valence-corrected chi connectivity index (χ1v) is 10.2. The summed E-state index contributed by atoms with van der Waals surface area (Å²) >= 11 is 0. The molecule has 1 aromatic rings. The second-order valence-corrected chi connectivity index (χ2v) is 8.13. The average molecular weight is 378 g/mol. The van der Waals surface area contributed by atoms with Crippen molar-refractivity contribution < 1.29 is 18.3 Å². The smallest absolute Gasteiger partial charge is 0.253 e. The Hall–Kier alpha value is -1.69. The molecule has 1 aromatic carbocycles. The van der Waals surface area contributed by atoms with Gasteiger partial charge in [-0.25, -0.2) is 8.78 Å². The van der Waals surface area contributed by atoms with E-state index in [2.05, 4.69) is 4.90 Å². The summed E-state index contributed by atoms with van der Waals surface area (Å²) in [4.78, 5) is 16.6. The predicted octanol–water partition coefficient (Wildman–Crippen LogP) is 3.95. The molecule has 0 radical (unpaired) electrons. The van der Waals surface area contributed by atoms with Crippen molar-refractivity contribution in [2.24, 2.45) is 0 Å². The molecular formula is C21H28F2N2O2. The Labute approximate surface area is 159 Å². The normalized spacial score (nSPS) is 28.4. The predicted molar refractivity (Wildman–Crippen MR) is 99.4 cm³/mol. The highest BCUT2D eigenvalue weighted by Gasteiger charge is 2.36. The summed E-state index contributed by atoms with van der Waals surface area (Å²) in [5.74, 6) is -2.03. The summed E-state index contributed by atoms with van der Waals surface area (Å²) in [5, 5.41) is 0. The van der Waals surface area contributed by atoms with Gasteiger partial charge in [-0.15, -0.1) is 0 Å². The Bertz CT molecular complexity index is 643. The highest BCUT2D eigenvalue weighted by Crippen LogP contribution is 2.32. The first kappa shape index (κ1) is 18.7. The van der Waals surface area contributed by atoms with Gasteiger partial charge in [-0.05, 0) is 50.2 Å². The van der Waals surface area contributed by atoms with E-state index < -0.39 is 5.92 Å². The van der Waals surface area contributed by atoms with E-state index in [1.165, 1.54) is 37.3 Å². The van der Waals surface area contributed by atoms with Crippen LogP contribution in [0.15, 0.2) is 24.3 Å². The average Bonchev–Trinajstić information content (AvgIpc) is 2.65. The summed E-state index contributed by atoms with van der Waals surface area (Å²) in [6, 6.07) is 7.78. The molecule has 0 unspecified atom stereocenters. The monoisotopic (exact) mass is 378 g/mol.